The van der Waals surface area contributed by atoms with E-state index in [1.807, 2.05) is 43.5 Å². The van der Waals surface area contributed by atoms with Crippen LogP contribution in [0.1, 0.15) is 48.9 Å². The number of amides is 1. The van der Waals surface area contributed by atoms with Crippen LogP contribution in [0.5, 0.6) is 0 Å². The van der Waals surface area contributed by atoms with Crippen molar-refractivity contribution in [1.82, 2.24) is 14.7 Å². The highest BCUT2D eigenvalue weighted by atomic mass is 16.5. The maximum absolute atomic E-state index is 12.2. The van der Waals surface area contributed by atoms with E-state index >= 15 is 0 Å². The molecule has 0 aromatic carbocycles. The van der Waals surface area contributed by atoms with Crippen LogP contribution in [0.3, 0.4) is 0 Å². The van der Waals surface area contributed by atoms with Gasteiger partial charge in [0.2, 0.25) is 0 Å². The molecule has 120 valence electrons. The summed E-state index contributed by atoms with van der Waals surface area (Å²) in [6, 6.07) is 3.71. The average molecular weight is 303 g/mol. The maximum atomic E-state index is 12.2. The fraction of sp³-hybridized carbons (Fsp3) is 0.529. The monoisotopic (exact) mass is 303 g/mol. The third-order valence-corrected chi connectivity index (χ3v) is 3.61. The number of imidazole rings is 1. The molecule has 1 N–H and O–H groups in total. The summed E-state index contributed by atoms with van der Waals surface area (Å²) >= 11 is 0. The lowest BCUT2D eigenvalue weighted by molar-refractivity contribution is 0.0757. The molecular weight excluding hydrogens is 278 g/mol. The van der Waals surface area contributed by atoms with Crippen molar-refractivity contribution in [1.29, 1.82) is 0 Å². The van der Waals surface area contributed by atoms with Crippen LogP contribution in [0.2, 0.25) is 0 Å². The average Bonchev–Trinajstić information content (AvgIpc) is 2.82. The SMILES string of the molecule is CCc1nc2ccc(C(=O)NCCCOC(C)C)cn2c1C. The number of aryl methyl sites for hydroxylation is 2. The van der Waals surface area contributed by atoms with Crippen LogP contribution in [-0.4, -0.2) is 34.5 Å². The lowest BCUT2D eigenvalue weighted by Crippen LogP contribution is -2.25. The summed E-state index contributed by atoms with van der Waals surface area (Å²) in [6.45, 7) is 9.41. The van der Waals surface area contributed by atoms with Crippen molar-refractivity contribution < 1.29 is 9.53 Å². The second-order valence-corrected chi connectivity index (χ2v) is 5.67. The fourth-order valence-electron chi connectivity index (χ4n) is 2.38. The molecule has 22 heavy (non-hydrogen) atoms. The van der Waals surface area contributed by atoms with Crippen molar-refractivity contribution in [3.63, 3.8) is 0 Å². The number of nitrogens with zero attached hydrogens (tertiary/aromatic N) is 2. The van der Waals surface area contributed by atoms with Gasteiger partial charge >= 0.3 is 0 Å². The zero-order chi connectivity index (χ0) is 16.1. The molecule has 0 atom stereocenters. The molecule has 0 spiro atoms. The molecule has 2 aromatic rings. The van der Waals surface area contributed by atoms with Crippen molar-refractivity contribution in [2.24, 2.45) is 0 Å². The van der Waals surface area contributed by atoms with Gasteiger partial charge in [-0.1, -0.05) is 6.92 Å². The first-order valence-corrected chi connectivity index (χ1v) is 7.90. The highest BCUT2D eigenvalue weighted by molar-refractivity contribution is 5.94. The maximum Gasteiger partial charge on any atom is 0.252 e. The van der Waals surface area contributed by atoms with Gasteiger partial charge in [-0.2, -0.15) is 0 Å². The Morgan fingerprint density at radius 1 is 1.41 bits per heavy atom. The first kappa shape index (κ1) is 16.5. The van der Waals surface area contributed by atoms with Gasteiger partial charge in [0.15, 0.2) is 0 Å². The Morgan fingerprint density at radius 3 is 2.86 bits per heavy atom. The van der Waals surface area contributed by atoms with E-state index in [9.17, 15) is 4.79 Å². The molecule has 0 saturated heterocycles. The first-order chi connectivity index (χ1) is 10.5. The van der Waals surface area contributed by atoms with Gasteiger partial charge in [-0.25, -0.2) is 4.98 Å². The fourth-order valence-corrected chi connectivity index (χ4v) is 2.38. The molecule has 0 aliphatic carbocycles. The van der Waals surface area contributed by atoms with Crippen molar-refractivity contribution in [3.05, 3.63) is 35.3 Å². The molecular formula is C17H25N3O2. The predicted molar refractivity (Wildman–Crippen MR) is 87.3 cm³/mol. The van der Waals surface area contributed by atoms with Gasteiger partial charge in [-0.15, -0.1) is 0 Å². The molecule has 2 heterocycles. The summed E-state index contributed by atoms with van der Waals surface area (Å²) < 4.78 is 7.44. The van der Waals surface area contributed by atoms with Gasteiger partial charge in [0.05, 0.1) is 17.4 Å². The van der Waals surface area contributed by atoms with E-state index in [1.54, 1.807) is 0 Å². The second kappa shape index (κ2) is 7.40. The largest absolute Gasteiger partial charge is 0.379 e. The molecule has 0 saturated carbocycles. The van der Waals surface area contributed by atoms with E-state index in [0.717, 1.165) is 29.9 Å². The third kappa shape index (κ3) is 3.85. The number of nitrogens with one attached hydrogen (secondary N) is 1. The van der Waals surface area contributed by atoms with Crippen LogP contribution < -0.4 is 5.32 Å². The van der Waals surface area contributed by atoms with Crippen LogP contribution in [0.4, 0.5) is 0 Å². The van der Waals surface area contributed by atoms with Crippen LogP contribution in [-0.2, 0) is 11.2 Å². The topological polar surface area (TPSA) is 55.6 Å². The second-order valence-electron chi connectivity index (χ2n) is 5.67. The highest BCUT2D eigenvalue weighted by Crippen LogP contribution is 2.13. The Morgan fingerprint density at radius 2 is 2.18 bits per heavy atom. The number of rotatable bonds is 7. The number of pyridine rings is 1. The van der Waals surface area contributed by atoms with Gasteiger partial charge in [-0.3, -0.25) is 4.79 Å². The zero-order valence-electron chi connectivity index (χ0n) is 13.8. The molecule has 5 heteroatoms. The summed E-state index contributed by atoms with van der Waals surface area (Å²) in [5, 5.41) is 2.92. The third-order valence-electron chi connectivity index (χ3n) is 3.61. The van der Waals surface area contributed by atoms with Crippen molar-refractivity contribution in [3.8, 4) is 0 Å². The summed E-state index contributed by atoms with van der Waals surface area (Å²) in [6.07, 6.45) is 3.80. The molecule has 5 nitrogen and oxygen atoms in total. The molecule has 2 aromatic heterocycles. The minimum atomic E-state index is -0.0578. The molecule has 0 aliphatic rings. The number of fused-ring (bicyclic) bond motifs is 1. The van der Waals surface area contributed by atoms with Crippen LogP contribution in [0.25, 0.3) is 5.65 Å². The van der Waals surface area contributed by atoms with E-state index < -0.39 is 0 Å². The van der Waals surface area contributed by atoms with Gasteiger partial charge in [-0.05, 0) is 45.7 Å². The minimum absolute atomic E-state index is 0.0578. The predicted octanol–water partition coefficient (Wildman–Crippen LogP) is 2.75. The van der Waals surface area contributed by atoms with Gasteiger partial charge in [0.1, 0.15) is 5.65 Å². The quantitative estimate of drug-likeness (QED) is 0.800. The molecule has 0 aliphatic heterocycles. The minimum Gasteiger partial charge on any atom is -0.379 e. The normalized spacial score (nSPS) is 11.3. The van der Waals surface area contributed by atoms with Crippen molar-refractivity contribution >= 4 is 11.6 Å². The van der Waals surface area contributed by atoms with Crippen LogP contribution in [0.15, 0.2) is 18.3 Å². The summed E-state index contributed by atoms with van der Waals surface area (Å²) in [4.78, 5) is 16.7. The van der Waals surface area contributed by atoms with Crippen molar-refractivity contribution in [2.75, 3.05) is 13.2 Å². The summed E-state index contributed by atoms with van der Waals surface area (Å²) in [7, 11) is 0. The lowest BCUT2D eigenvalue weighted by Gasteiger charge is -2.08. The number of carbonyl (C=O) groups excluding carboxylic acids is 1. The van der Waals surface area contributed by atoms with E-state index in [4.69, 9.17) is 4.74 Å². The number of hydrogen-bond acceptors (Lipinski definition) is 3. The summed E-state index contributed by atoms with van der Waals surface area (Å²) in [5.74, 6) is -0.0578. The molecule has 1 amide bonds. The van der Waals surface area contributed by atoms with Crippen LogP contribution >= 0.6 is 0 Å². The Balaban J connectivity index is 1.98. The van der Waals surface area contributed by atoms with Gasteiger partial charge < -0.3 is 14.5 Å². The number of ether oxygens (including phenoxy) is 1. The highest BCUT2D eigenvalue weighted by Gasteiger charge is 2.10. The van der Waals surface area contributed by atoms with Gasteiger partial charge in [0, 0.05) is 25.0 Å². The number of aromatic nitrogens is 2. The Kier molecular flexibility index (Phi) is 5.55. The number of carbonyl (C=O) groups is 1. The molecule has 0 radical (unpaired) electrons. The Labute approximate surface area is 131 Å². The standard InChI is InChI=1S/C17H25N3O2/c1-5-15-13(4)20-11-14(7-8-16(20)19-15)17(21)18-9-6-10-22-12(2)3/h7-8,11-12H,5-6,9-10H2,1-4H3,(H,18,21). The Hall–Kier alpha value is -1.88. The van der Waals surface area contributed by atoms with Crippen molar-refractivity contribution in [2.45, 2.75) is 46.6 Å². The van der Waals surface area contributed by atoms with Crippen LogP contribution in [0, 0.1) is 6.92 Å². The molecule has 0 fully saturated rings. The van der Waals surface area contributed by atoms with E-state index in [1.165, 1.54) is 0 Å². The molecule has 2 rings (SSSR count). The summed E-state index contributed by atoms with van der Waals surface area (Å²) in [5.41, 5.74) is 3.71. The lowest BCUT2D eigenvalue weighted by atomic mass is 10.2. The zero-order valence-corrected chi connectivity index (χ0v) is 13.8. The Bertz CT molecular complexity index is 647. The number of hydrogen-bond donors (Lipinski definition) is 1. The molecule has 0 unspecified atom stereocenters. The smallest absolute Gasteiger partial charge is 0.252 e. The van der Waals surface area contributed by atoms with E-state index in [-0.39, 0.29) is 12.0 Å². The first-order valence-electron chi connectivity index (χ1n) is 7.90. The molecule has 0 bridgehead atoms. The van der Waals surface area contributed by atoms with Gasteiger partial charge in [0.25, 0.3) is 5.91 Å². The van der Waals surface area contributed by atoms with E-state index in [0.29, 0.717) is 18.7 Å². The van der Waals surface area contributed by atoms with E-state index in [2.05, 4.69) is 17.2 Å².